The normalized spacial score (nSPS) is 13.2. The smallest absolute Gasteiger partial charge is 0.264 e. The third-order valence-corrected chi connectivity index (χ3v) is 7.22. The minimum absolute atomic E-state index is 0.165. The van der Waals surface area contributed by atoms with Crippen LogP contribution in [0.3, 0.4) is 0 Å². The Morgan fingerprint density at radius 1 is 1.00 bits per heavy atom. The van der Waals surface area contributed by atoms with E-state index in [1.54, 1.807) is 24.3 Å². The van der Waals surface area contributed by atoms with Crippen LogP contribution in [0, 0.1) is 18.6 Å². The van der Waals surface area contributed by atoms with Crippen molar-refractivity contribution in [3.05, 3.63) is 89.0 Å². The summed E-state index contributed by atoms with van der Waals surface area (Å²) < 4.78 is 54.4. The standard InChI is InChI=1S/C23H20F2N2O3S/c1-15-3-9-19(10-4-15)31(29,30)26(2)18-7-5-16(6-8-18)23(28)27-12-11-20-21(25)13-17(24)14-22(20)27/h3-10,13-14H,11-12H2,1-2H3. The molecule has 1 aliphatic heterocycles. The summed E-state index contributed by atoms with van der Waals surface area (Å²) >= 11 is 0. The third kappa shape index (κ3) is 3.79. The number of benzene rings is 3. The largest absolute Gasteiger partial charge is 0.308 e. The summed E-state index contributed by atoms with van der Waals surface area (Å²) in [5.74, 6) is -1.81. The molecule has 0 saturated carbocycles. The maximum atomic E-state index is 14.0. The van der Waals surface area contributed by atoms with Gasteiger partial charge in [0, 0.05) is 30.8 Å². The van der Waals surface area contributed by atoms with Crippen LogP contribution < -0.4 is 9.21 Å². The fourth-order valence-electron chi connectivity index (χ4n) is 3.61. The molecular formula is C23H20F2N2O3S. The average molecular weight is 442 g/mol. The van der Waals surface area contributed by atoms with Crippen LogP contribution in [-0.4, -0.2) is 27.9 Å². The Morgan fingerprint density at radius 2 is 1.65 bits per heavy atom. The van der Waals surface area contributed by atoms with Crippen molar-refractivity contribution in [3.63, 3.8) is 0 Å². The van der Waals surface area contributed by atoms with Gasteiger partial charge in [-0.3, -0.25) is 9.10 Å². The van der Waals surface area contributed by atoms with Crippen molar-refractivity contribution in [3.8, 4) is 0 Å². The summed E-state index contributed by atoms with van der Waals surface area (Å²) in [6.07, 6.45) is 0.308. The number of halogens is 2. The predicted molar refractivity (Wildman–Crippen MR) is 115 cm³/mol. The summed E-state index contributed by atoms with van der Waals surface area (Å²) in [5.41, 5.74) is 2.17. The van der Waals surface area contributed by atoms with E-state index in [2.05, 4.69) is 0 Å². The van der Waals surface area contributed by atoms with Crippen LogP contribution in [0.15, 0.2) is 65.6 Å². The SMILES string of the molecule is Cc1ccc(S(=O)(=O)N(C)c2ccc(C(=O)N3CCc4c(F)cc(F)cc43)cc2)cc1. The van der Waals surface area contributed by atoms with Gasteiger partial charge in [-0.25, -0.2) is 17.2 Å². The van der Waals surface area contributed by atoms with Gasteiger partial charge in [0.1, 0.15) is 11.6 Å². The molecule has 1 aliphatic rings. The van der Waals surface area contributed by atoms with E-state index in [0.29, 0.717) is 23.2 Å². The van der Waals surface area contributed by atoms with Crippen molar-refractivity contribution in [2.24, 2.45) is 0 Å². The first-order chi connectivity index (χ1) is 14.7. The van der Waals surface area contributed by atoms with Gasteiger partial charge < -0.3 is 4.90 Å². The molecule has 0 atom stereocenters. The highest BCUT2D eigenvalue weighted by molar-refractivity contribution is 7.92. The van der Waals surface area contributed by atoms with Gasteiger partial charge in [-0.05, 0) is 55.8 Å². The van der Waals surface area contributed by atoms with Crippen LogP contribution in [-0.2, 0) is 16.4 Å². The van der Waals surface area contributed by atoms with Gasteiger partial charge in [-0.2, -0.15) is 0 Å². The summed E-state index contributed by atoms with van der Waals surface area (Å²) in [6.45, 7) is 2.12. The zero-order valence-corrected chi connectivity index (χ0v) is 17.8. The number of carbonyl (C=O) groups excluding carboxylic acids is 1. The predicted octanol–water partition coefficient (Wildman–Crippen LogP) is 4.30. The lowest BCUT2D eigenvalue weighted by Crippen LogP contribution is -2.29. The monoisotopic (exact) mass is 442 g/mol. The Bertz CT molecular complexity index is 1260. The molecule has 3 aromatic rings. The van der Waals surface area contributed by atoms with Gasteiger partial charge in [-0.15, -0.1) is 0 Å². The van der Waals surface area contributed by atoms with Gasteiger partial charge in [0.15, 0.2) is 0 Å². The second-order valence-corrected chi connectivity index (χ2v) is 9.39. The highest BCUT2D eigenvalue weighted by Gasteiger charge is 2.29. The van der Waals surface area contributed by atoms with Crippen LogP contribution in [0.25, 0.3) is 0 Å². The number of amides is 1. The fraction of sp³-hybridized carbons (Fsp3) is 0.174. The molecular weight excluding hydrogens is 422 g/mol. The Labute approximate surface area is 179 Å². The molecule has 160 valence electrons. The van der Waals surface area contributed by atoms with Gasteiger partial charge >= 0.3 is 0 Å². The molecule has 0 N–H and O–H groups in total. The fourth-order valence-corrected chi connectivity index (χ4v) is 4.81. The molecule has 0 saturated heterocycles. The van der Waals surface area contributed by atoms with Crippen LogP contribution >= 0.6 is 0 Å². The molecule has 0 unspecified atom stereocenters. The third-order valence-electron chi connectivity index (χ3n) is 5.42. The second kappa shape index (κ2) is 7.77. The lowest BCUT2D eigenvalue weighted by Gasteiger charge is -2.21. The number of nitrogens with zero attached hydrogens (tertiary/aromatic N) is 2. The first-order valence-corrected chi connectivity index (χ1v) is 11.1. The van der Waals surface area contributed by atoms with Crippen LogP contribution in [0.1, 0.15) is 21.5 Å². The Kier molecular flexibility index (Phi) is 5.26. The molecule has 1 amide bonds. The quantitative estimate of drug-likeness (QED) is 0.605. The first kappa shape index (κ1) is 21.0. The number of aryl methyl sites for hydroxylation is 1. The number of carbonyl (C=O) groups is 1. The molecule has 3 aromatic carbocycles. The second-order valence-electron chi connectivity index (χ2n) is 7.42. The molecule has 0 aromatic heterocycles. The summed E-state index contributed by atoms with van der Waals surface area (Å²) in [6, 6.07) is 14.6. The van der Waals surface area contributed by atoms with Crippen molar-refractivity contribution in [1.82, 2.24) is 0 Å². The molecule has 0 aliphatic carbocycles. The average Bonchev–Trinajstić information content (AvgIpc) is 3.17. The molecule has 31 heavy (non-hydrogen) atoms. The summed E-state index contributed by atoms with van der Waals surface area (Å²) in [7, 11) is -2.31. The van der Waals surface area contributed by atoms with Crippen LogP contribution in [0.4, 0.5) is 20.2 Å². The van der Waals surface area contributed by atoms with Gasteiger partial charge in [0.2, 0.25) is 0 Å². The Morgan fingerprint density at radius 3 is 2.29 bits per heavy atom. The molecule has 0 spiro atoms. The Balaban J connectivity index is 1.58. The number of hydrogen-bond acceptors (Lipinski definition) is 3. The topological polar surface area (TPSA) is 57.7 Å². The van der Waals surface area contributed by atoms with E-state index in [0.717, 1.165) is 22.0 Å². The maximum absolute atomic E-state index is 14.0. The maximum Gasteiger partial charge on any atom is 0.264 e. The van der Waals surface area contributed by atoms with Crippen LogP contribution in [0.2, 0.25) is 0 Å². The zero-order chi connectivity index (χ0) is 22.3. The molecule has 4 rings (SSSR count). The van der Waals surface area contributed by atoms with E-state index in [1.807, 2.05) is 6.92 Å². The molecule has 8 heteroatoms. The zero-order valence-electron chi connectivity index (χ0n) is 17.0. The number of fused-ring (bicyclic) bond motifs is 1. The van der Waals surface area contributed by atoms with Gasteiger partial charge in [0.25, 0.3) is 15.9 Å². The summed E-state index contributed by atoms with van der Waals surface area (Å²) in [4.78, 5) is 14.4. The lowest BCUT2D eigenvalue weighted by molar-refractivity contribution is 0.0989. The molecule has 0 bridgehead atoms. The van der Waals surface area contributed by atoms with Crippen molar-refractivity contribution in [2.75, 3.05) is 22.8 Å². The van der Waals surface area contributed by atoms with Gasteiger partial charge in [-0.1, -0.05) is 17.7 Å². The van der Waals surface area contributed by atoms with E-state index in [4.69, 9.17) is 0 Å². The molecule has 0 radical (unpaired) electrons. The minimum Gasteiger partial charge on any atom is -0.308 e. The van der Waals surface area contributed by atoms with Crippen molar-refractivity contribution < 1.29 is 22.0 Å². The number of anilines is 2. The van der Waals surface area contributed by atoms with E-state index >= 15 is 0 Å². The van der Waals surface area contributed by atoms with E-state index in [-0.39, 0.29) is 17.1 Å². The minimum atomic E-state index is -3.75. The van der Waals surface area contributed by atoms with E-state index in [9.17, 15) is 22.0 Å². The number of hydrogen-bond donors (Lipinski definition) is 0. The summed E-state index contributed by atoms with van der Waals surface area (Å²) in [5, 5.41) is 0. The lowest BCUT2D eigenvalue weighted by atomic mass is 10.1. The number of rotatable bonds is 4. The highest BCUT2D eigenvalue weighted by atomic mass is 32.2. The van der Waals surface area contributed by atoms with Gasteiger partial charge in [0.05, 0.1) is 16.3 Å². The van der Waals surface area contributed by atoms with Crippen LogP contribution in [0.5, 0.6) is 0 Å². The molecule has 5 nitrogen and oxygen atoms in total. The highest BCUT2D eigenvalue weighted by Crippen LogP contribution is 2.32. The molecule has 0 fully saturated rings. The van der Waals surface area contributed by atoms with Crippen molar-refractivity contribution in [1.29, 1.82) is 0 Å². The van der Waals surface area contributed by atoms with E-state index < -0.39 is 27.6 Å². The number of sulfonamides is 1. The van der Waals surface area contributed by atoms with Crippen molar-refractivity contribution in [2.45, 2.75) is 18.2 Å². The molecule has 1 heterocycles. The Hall–Kier alpha value is -3.26. The first-order valence-electron chi connectivity index (χ1n) is 9.64. The van der Waals surface area contributed by atoms with E-state index in [1.165, 1.54) is 36.2 Å². The van der Waals surface area contributed by atoms with Crippen molar-refractivity contribution >= 4 is 27.3 Å².